The highest BCUT2D eigenvalue weighted by atomic mass is 35.5. The van der Waals surface area contributed by atoms with Gasteiger partial charge in [-0.05, 0) is 11.6 Å². The maximum Gasteiger partial charge on any atom is 0.134 e. The average molecular weight is 187 g/mol. The van der Waals surface area contributed by atoms with E-state index in [9.17, 15) is 5.11 Å². The van der Waals surface area contributed by atoms with Gasteiger partial charge in [0.2, 0.25) is 0 Å². The van der Waals surface area contributed by atoms with Gasteiger partial charge in [0.25, 0.3) is 0 Å². The zero-order valence-corrected chi connectivity index (χ0v) is 7.54. The van der Waals surface area contributed by atoms with Crippen LogP contribution in [0.5, 0.6) is 5.75 Å². The van der Waals surface area contributed by atoms with Crippen LogP contribution in [0.25, 0.3) is 0 Å². The highest BCUT2D eigenvalue weighted by molar-refractivity contribution is 6.32. The zero-order valence-electron chi connectivity index (χ0n) is 6.79. The van der Waals surface area contributed by atoms with E-state index in [0.717, 1.165) is 5.56 Å². The van der Waals surface area contributed by atoms with E-state index < -0.39 is 0 Å². The van der Waals surface area contributed by atoms with Gasteiger partial charge in [-0.15, -0.1) is 0 Å². The molecule has 2 nitrogen and oxygen atoms in total. The molecule has 0 bridgehead atoms. The predicted molar refractivity (Wildman–Crippen MR) is 48.6 cm³/mol. The molecule has 0 saturated carbocycles. The van der Waals surface area contributed by atoms with Gasteiger partial charge in [0.05, 0.1) is 5.02 Å². The van der Waals surface area contributed by atoms with E-state index in [1.54, 1.807) is 12.1 Å². The van der Waals surface area contributed by atoms with Gasteiger partial charge in [-0.2, -0.15) is 0 Å². The first kappa shape index (κ1) is 9.36. The van der Waals surface area contributed by atoms with E-state index in [1.165, 1.54) is 6.07 Å². The van der Waals surface area contributed by atoms with E-state index >= 15 is 0 Å². The molecule has 0 spiro atoms. The van der Waals surface area contributed by atoms with Crippen LogP contribution in [-0.2, 0) is 0 Å². The summed E-state index contributed by atoms with van der Waals surface area (Å²) in [4.78, 5) is 0. The minimum Gasteiger partial charge on any atom is -0.506 e. The molecule has 1 rings (SSSR count). The second-order valence-electron chi connectivity index (χ2n) is 2.76. The summed E-state index contributed by atoms with van der Waals surface area (Å²) in [6.45, 7) is 1.88. The Hall–Kier alpha value is -0.730. The predicted octanol–water partition coefficient (Wildman–Crippen LogP) is 2.14. The third-order valence-corrected chi connectivity index (χ3v) is 2.22. The number of aliphatic hydroxyl groups excluding tert-OH is 1. The summed E-state index contributed by atoms with van der Waals surface area (Å²) in [6, 6.07) is 5.03. The van der Waals surface area contributed by atoms with Crippen molar-refractivity contribution >= 4 is 11.6 Å². The van der Waals surface area contributed by atoms with Gasteiger partial charge >= 0.3 is 0 Å². The lowest BCUT2D eigenvalue weighted by Gasteiger charge is -2.10. The molecule has 0 aliphatic carbocycles. The molecule has 1 aromatic carbocycles. The Labute approximate surface area is 76.4 Å². The summed E-state index contributed by atoms with van der Waals surface area (Å²) in [6.07, 6.45) is 0. The largest absolute Gasteiger partial charge is 0.506 e. The number of phenolic OH excluding ortho intramolecular Hbond substituents is 1. The number of benzene rings is 1. The van der Waals surface area contributed by atoms with Gasteiger partial charge in [-0.3, -0.25) is 0 Å². The van der Waals surface area contributed by atoms with Crippen LogP contribution < -0.4 is 0 Å². The number of halogens is 1. The Morgan fingerprint density at radius 1 is 1.50 bits per heavy atom. The van der Waals surface area contributed by atoms with Crippen molar-refractivity contribution in [3.8, 4) is 5.75 Å². The van der Waals surface area contributed by atoms with E-state index in [4.69, 9.17) is 16.7 Å². The second-order valence-corrected chi connectivity index (χ2v) is 3.14. The minimum absolute atomic E-state index is 0.0309. The molecule has 12 heavy (non-hydrogen) atoms. The first-order chi connectivity index (χ1) is 5.66. The molecule has 1 atom stereocenters. The molecule has 2 N–H and O–H groups in total. The fourth-order valence-corrected chi connectivity index (χ4v) is 1.33. The normalized spacial score (nSPS) is 12.9. The second kappa shape index (κ2) is 3.78. The van der Waals surface area contributed by atoms with Crippen molar-refractivity contribution in [1.29, 1.82) is 0 Å². The molecule has 0 amide bonds. The standard InChI is InChI=1S/C9H11ClO2/c1-6(5-11)7-3-2-4-8(12)9(7)10/h2-4,6,11-12H,5H2,1H3. The van der Waals surface area contributed by atoms with E-state index in [2.05, 4.69) is 0 Å². The zero-order chi connectivity index (χ0) is 9.14. The summed E-state index contributed by atoms with van der Waals surface area (Å²) < 4.78 is 0. The lowest BCUT2D eigenvalue weighted by atomic mass is 10.0. The molecular weight excluding hydrogens is 176 g/mol. The fourth-order valence-electron chi connectivity index (χ4n) is 1.02. The van der Waals surface area contributed by atoms with Crippen LogP contribution >= 0.6 is 11.6 Å². The topological polar surface area (TPSA) is 40.5 Å². The Kier molecular flexibility index (Phi) is 2.95. The van der Waals surface area contributed by atoms with Crippen molar-refractivity contribution in [3.05, 3.63) is 28.8 Å². The van der Waals surface area contributed by atoms with Crippen molar-refractivity contribution in [2.24, 2.45) is 0 Å². The van der Waals surface area contributed by atoms with Crippen LogP contribution in [-0.4, -0.2) is 16.8 Å². The molecular formula is C9H11ClO2. The molecule has 0 aliphatic heterocycles. The number of hydrogen-bond acceptors (Lipinski definition) is 2. The van der Waals surface area contributed by atoms with Crippen molar-refractivity contribution in [3.63, 3.8) is 0 Å². The maximum atomic E-state index is 9.23. The van der Waals surface area contributed by atoms with Crippen molar-refractivity contribution in [2.45, 2.75) is 12.8 Å². The van der Waals surface area contributed by atoms with Gasteiger partial charge in [-0.1, -0.05) is 30.7 Å². The number of hydrogen-bond donors (Lipinski definition) is 2. The highest BCUT2D eigenvalue weighted by Crippen LogP contribution is 2.31. The summed E-state index contributed by atoms with van der Waals surface area (Å²) in [5.74, 6) is 0.0269. The smallest absolute Gasteiger partial charge is 0.134 e. The fraction of sp³-hybridized carbons (Fsp3) is 0.333. The third kappa shape index (κ3) is 1.71. The first-order valence-electron chi connectivity index (χ1n) is 3.75. The van der Waals surface area contributed by atoms with E-state index in [1.807, 2.05) is 6.92 Å². The molecule has 0 fully saturated rings. The highest BCUT2D eigenvalue weighted by Gasteiger charge is 2.10. The van der Waals surface area contributed by atoms with Crippen LogP contribution in [0.15, 0.2) is 18.2 Å². The van der Waals surface area contributed by atoms with Crippen molar-refractivity contribution < 1.29 is 10.2 Å². The summed E-state index contributed by atoms with van der Waals surface area (Å²) in [5, 5.41) is 18.4. The Morgan fingerprint density at radius 3 is 2.75 bits per heavy atom. The monoisotopic (exact) mass is 186 g/mol. The summed E-state index contributed by atoms with van der Waals surface area (Å²) in [7, 11) is 0. The molecule has 3 heteroatoms. The molecule has 1 aromatic rings. The summed E-state index contributed by atoms with van der Waals surface area (Å²) >= 11 is 5.81. The van der Waals surface area contributed by atoms with Crippen LogP contribution in [0.2, 0.25) is 5.02 Å². The number of rotatable bonds is 2. The van der Waals surface area contributed by atoms with Crippen molar-refractivity contribution in [1.82, 2.24) is 0 Å². The Balaban J connectivity index is 3.07. The molecule has 1 unspecified atom stereocenters. The Bertz CT molecular complexity index is 273. The third-order valence-electron chi connectivity index (χ3n) is 1.81. The average Bonchev–Trinajstić information content (AvgIpc) is 2.08. The van der Waals surface area contributed by atoms with Gasteiger partial charge in [0.15, 0.2) is 0 Å². The first-order valence-corrected chi connectivity index (χ1v) is 4.13. The molecule has 0 aromatic heterocycles. The Morgan fingerprint density at radius 2 is 2.17 bits per heavy atom. The van der Waals surface area contributed by atoms with Crippen LogP contribution in [0.4, 0.5) is 0 Å². The molecule has 66 valence electrons. The van der Waals surface area contributed by atoms with Crippen LogP contribution in [0.1, 0.15) is 18.4 Å². The lowest BCUT2D eigenvalue weighted by molar-refractivity contribution is 0.273. The number of phenols is 1. The lowest BCUT2D eigenvalue weighted by Crippen LogP contribution is -1.99. The number of aliphatic hydroxyl groups is 1. The molecule has 0 radical (unpaired) electrons. The van der Waals surface area contributed by atoms with E-state index in [0.29, 0.717) is 5.02 Å². The minimum atomic E-state index is -0.0374. The quantitative estimate of drug-likeness (QED) is 0.743. The van der Waals surface area contributed by atoms with Gasteiger partial charge in [-0.25, -0.2) is 0 Å². The van der Waals surface area contributed by atoms with Crippen molar-refractivity contribution in [2.75, 3.05) is 6.61 Å². The number of aromatic hydroxyl groups is 1. The maximum absolute atomic E-state index is 9.23. The molecule has 0 heterocycles. The van der Waals surface area contributed by atoms with Crippen LogP contribution in [0, 0.1) is 0 Å². The summed E-state index contributed by atoms with van der Waals surface area (Å²) in [5.41, 5.74) is 0.777. The van der Waals surface area contributed by atoms with Gasteiger partial charge < -0.3 is 10.2 Å². The SMILES string of the molecule is CC(CO)c1cccc(O)c1Cl. The van der Waals surface area contributed by atoms with E-state index in [-0.39, 0.29) is 18.3 Å². The van der Waals surface area contributed by atoms with Gasteiger partial charge in [0.1, 0.15) is 5.75 Å². The molecule has 0 saturated heterocycles. The van der Waals surface area contributed by atoms with Gasteiger partial charge in [0, 0.05) is 12.5 Å². The molecule has 0 aliphatic rings. The van der Waals surface area contributed by atoms with Crippen LogP contribution in [0.3, 0.4) is 0 Å².